The van der Waals surface area contributed by atoms with E-state index in [2.05, 4.69) is 16.7 Å². The van der Waals surface area contributed by atoms with Crippen molar-refractivity contribution in [3.63, 3.8) is 0 Å². The fourth-order valence-corrected chi connectivity index (χ4v) is 2.78. The zero-order valence-electron chi connectivity index (χ0n) is 14.1. The van der Waals surface area contributed by atoms with Crippen LogP contribution in [0.1, 0.15) is 42.5 Å². The molecule has 0 fully saturated rings. The van der Waals surface area contributed by atoms with Gasteiger partial charge in [-0.3, -0.25) is 10.1 Å². The summed E-state index contributed by atoms with van der Waals surface area (Å²) in [6, 6.07) is 2.53. The lowest BCUT2D eigenvalue weighted by Gasteiger charge is -2.13. The minimum Gasteiger partial charge on any atom is -0.452 e. The molecule has 2 N–H and O–H groups in total. The molecule has 1 aliphatic rings. The van der Waals surface area contributed by atoms with Gasteiger partial charge in [-0.2, -0.15) is 0 Å². The quantitative estimate of drug-likeness (QED) is 0.583. The third kappa shape index (κ3) is 6.48. The molecule has 0 aliphatic heterocycles. The van der Waals surface area contributed by atoms with Gasteiger partial charge in [0.2, 0.25) is 0 Å². The number of imide groups is 1. The molecule has 0 saturated carbocycles. The number of hydrogen-bond donors (Lipinski definition) is 2. The van der Waals surface area contributed by atoms with Gasteiger partial charge in [-0.25, -0.2) is 14.0 Å². The molecule has 1 aromatic carbocycles. The van der Waals surface area contributed by atoms with Crippen molar-refractivity contribution in [2.24, 2.45) is 0 Å². The highest BCUT2D eigenvalue weighted by Crippen LogP contribution is 2.19. The van der Waals surface area contributed by atoms with Gasteiger partial charge in [0.1, 0.15) is 5.82 Å². The fraction of sp³-hybridized carbons (Fsp3) is 0.389. The van der Waals surface area contributed by atoms with Gasteiger partial charge < -0.3 is 10.1 Å². The minimum atomic E-state index is -0.880. The Morgan fingerprint density at radius 2 is 2.04 bits per heavy atom. The number of carbonyl (C=O) groups is 3. The summed E-state index contributed by atoms with van der Waals surface area (Å²) in [6.07, 6.45) is 7.43. The lowest BCUT2D eigenvalue weighted by molar-refractivity contribution is -0.123. The molecule has 0 saturated heterocycles. The Balaban J connectivity index is 1.68. The molecule has 1 aromatic rings. The summed E-state index contributed by atoms with van der Waals surface area (Å²) in [6.45, 7) is -0.221. The molecule has 1 aliphatic carbocycles. The molecular formula is C18H20ClFN2O4. The monoisotopic (exact) mass is 382 g/mol. The van der Waals surface area contributed by atoms with Crippen LogP contribution in [0.15, 0.2) is 29.8 Å². The van der Waals surface area contributed by atoms with Gasteiger partial charge in [0.25, 0.3) is 5.91 Å². The van der Waals surface area contributed by atoms with Crippen LogP contribution in [0.2, 0.25) is 5.02 Å². The number of esters is 1. The molecule has 0 unspecified atom stereocenters. The molecule has 0 aromatic heterocycles. The van der Waals surface area contributed by atoms with Crippen molar-refractivity contribution >= 4 is 29.5 Å². The Hall–Kier alpha value is -2.41. The van der Waals surface area contributed by atoms with E-state index in [0.29, 0.717) is 6.54 Å². The van der Waals surface area contributed by atoms with Crippen molar-refractivity contribution in [2.45, 2.75) is 32.1 Å². The Morgan fingerprint density at radius 3 is 2.73 bits per heavy atom. The highest BCUT2D eigenvalue weighted by atomic mass is 35.5. The molecule has 140 valence electrons. The topological polar surface area (TPSA) is 84.5 Å². The van der Waals surface area contributed by atoms with E-state index in [-0.39, 0.29) is 10.6 Å². The molecule has 0 spiro atoms. The normalized spacial score (nSPS) is 13.5. The SMILES string of the molecule is O=C(COC(=O)c1ccc(F)cc1Cl)NC(=O)NCCC1=CCCCC1. The number of allylic oxidation sites excluding steroid dienone is 1. The number of hydrogen-bond acceptors (Lipinski definition) is 4. The number of urea groups is 1. The maximum Gasteiger partial charge on any atom is 0.340 e. The van der Waals surface area contributed by atoms with Gasteiger partial charge in [-0.15, -0.1) is 0 Å². The van der Waals surface area contributed by atoms with Crippen LogP contribution in [0.3, 0.4) is 0 Å². The lowest BCUT2D eigenvalue weighted by atomic mass is 9.97. The first-order valence-corrected chi connectivity index (χ1v) is 8.71. The first kappa shape index (κ1) is 19.9. The molecule has 3 amide bonds. The Labute approximate surface area is 155 Å². The van der Waals surface area contributed by atoms with E-state index in [0.717, 1.165) is 37.5 Å². The molecule has 6 nitrogen and oxygen atoms in total. The van der Waals surface area contributed by atoms with Crippen LogP contribution in [-0.2, 0) is 9.53 Å². The van der Waals surface area contributed by atoms with Crippen LogP contribution in [-0.4, -0.2) is 31.1 Å². The smallest absolute Gasteiger partial charge is 0.340 e. The van der Waals surface area contributed by atoms with Gasteiger partial charge in [0.05, 0.1) is 10.6 Å². The van der Waals surface area contributed by atoms with E-state index in [1.54, 1.807) is 0 Å². The maximum atomic E-state index is 12.9. The first-order valence-electron chi connectivity index (χ1n) is 8.33. The molecular weight excluding hydrogens is 363 g/mol. The zero-order chi connectivity index (χ0) is 18.9. The second-order valence-corrected chi connectivity index (χ2v) is 6.27. The standard InChI is InChI=1S/C18H20ClFN2O4/c19-15-10-13(20)6-7-14(15)17(24)26-11-16(23)22-18(25)21-9-8-12-4-2-1-3-5-12/h4,6-7,10H,1-3,5,8-9,11H2,(H2,21,22,23,25). The summed E-state index contributed by atoms with van der Waals surface area (Å²) in [5.74, 6) is -2.24. The van der Waals surface area contributed by atoms with Crippen molar-refractivity contribution in [3.05, 3.63) is 46.3 Å². The fourth-order valence-electron chi connectivity index (χ4n) is 2.54. The van der Waals surface area contributed by atoms with E-state index < -0.39 is 30.3 Å². The van der Waals surface area contributed by atoms with Crippen molar-refractivity contribution < 1.29 is 23.5 Å². The highest BCUT2D eigenvalue weighted by Gasteiger charge is 2.15. The Morgan fingerprint density at radius 1 is 1.23 bits per heavy atom. The van der Waals surface area contributed by atoms with Crippen molar-refractivity contribution in [1.82, 2.24) is 10.6 Å². The number of benzene rings is 1. The molecule has 26 heavy (non-hydrogen) atoms. The number of ether oxygens (including phenoxy) is 1. The molecule has 0 heterocycles. The zero-order valence-corrected chi connectivity index (χ0v) is 14.9. The summed E-state index contributed by atoms with van der Waals surface area (Å²) >= 11 is 5.74. The lowest BCUT2D eigenvalue weighted by Crippen LogP contribution is -2.41. The summed E-state index contributed by atoms with van der Waals surface area (Å²) < 4.78 is 17.7. The van der Waals surface area contributed by atoms with Crippen LogP contribution in [0, 0.1) is 5.82 Å². The van der Waals surface area contributed by atoms with Gasteiger partial charge in [0, 0.05) is 6.54 Å². The Bertz CT molecular complexity index is 721. The molecule has 8 heteroatoms. The van der Waals surface area contributed by atoms with Gasteiger partial charge in [-0.05, 0) is 50.3 Å². The van der Waals surface area contributed by atoms with Crippen LogP contribution in [0.4, 0.5) is 9.18 Å². The number of rotatable bonds is 6. The van der Waals surface area contributed by atoms with Crippen molar-refractivity contribution in [1.29, 1.82) is 0 Å². The second-order valence-electron chi connectivity index (χ2n) is 5.86. The summed E-state index contributed by atoms with van der Waals surface area (Å²) in [4.78, 5) is 35.1. The number of carbonyl (C=O) groups excluding carboxylic acids is 3. The second kappa shape index (κ2) is 9.91. The van der Waals surface area contributed by atoms with E-state index in [9.17, 15) is 18.8 Å². The summed E-state index contributed by atoms with van der Waals surface area (Å²) in [7, 11) is 0. The third-order valence-electron chi connectivity index (χ3n) is 3.86. The number of nitrogens with one attached hydrogen (secondary N) is 2. The van der Waals surface area contributed by atoms with Gasteiger partial charge in [-0.1, -0.05) is 23.3 Å². The van der Waals surface area contributed by atoms with Crippen LogP contribution in [0.5, 0.6) is 0 Å². The summed E-state index contributed by atoms with van der Waals surface area (Å²) in [5.41, 5.74) is 1.25. The van der Waals surface area contributed by atoms with Gasteiger partial charge in [0.15, 0.2) is 6.61 Å². The summed E-state index contributed by atoms with van der Waals surface area (Å²) in [5, 5.41) is 4.53. The largest absolute Gasteiger partial charge is 0.452 e. The van der Waals surface area contributed by atoms with E-state index in [1.165, 1.54) is 18.4 Å². The predicted octanol–water partition coefficient (Wildman–Crippen LogP) is 3.35. The maximum absolute atomic E-state index is 12.9. The van der Waals surface area contributed by atoms with Crippen molar-refractivity contribution in [2.75, 3.05) is 13.2 Å². The molecule has 0 bridgehead atoms. The Kier molecular flexibility index (Phi) is 7.59. The van der Waals surface area contributed by atoms with Gasteiger partial charge >= 0.3 is 12.0 Å². The van der Waals surface area contributed by atoms with Crippen molar-refractivity contribution in [3.8, 4) is 0 Å². The minimum absolute atomic E-state index is 0.0638. The highest BCUT2D eigenvalue weighted by molar-refractivity contribution is 6.33. The van der Waals surface area contributed by atoms with Crippen LogP contribution < -0.4 is 10.6 Å². The van der Waals surface area contributed by atoms with E-state index >= 15 is 0 Å². The third-order valence-corrected chi connectivity index (χ3v) is 4.17. The van der Waals surface area contributed by atoms with E-state index in [4.69, 9.17) is 16.3 Å². The average Bonchev–Trinajstić information content (AvgIpc) is 2.60. The van der Waals surface area contributed by atoms with Crippen LogP contribution in [0.25, 0.3) is 0 Å². The molecule has 2 rings (SSSR count). The number of halogens is 2. The molecule has 0 atom stereocenters. The average molecular weight is 383 g/mol. The predicted molar refractivity (Wildman–Crippen MR) is 94.4 cm³/mol. The first-order chi connectivity index (χ1) is 12.5. The van der Waals surface area contributed by atoms with E-state index in [1.807, 2.05) is 0 Å². The number of amides is 3. The molecule has 0 radical (unpaired) electrons. The van der Waals surface area contributed by atoms with Crippen LogP contribution >= 0.6 is 11.6 Å².